The van der Waals surface area contributed by atoms with Crippen LogP contribution in [0.4, 0.5) is 4.39 Å². The Hall–Kier alpha value is -1.09. The van der Waals surface area contributed by atoms with Gasteiger partial charge in [-0.3, -0.25) is 0 Å². The first-order valence-electron chi connectivity index (χ1n) is 6.38. The van der Waals surface area contributed by atoms with Gasteiger partial charge in [-0.2, -0.15) is 0 Å². The maximum absolute atomic E-state index is 13.9. The molecule has 1 nitrogen and oxygen atoms in total. The van der Waals surface area contributed by atoms with Crippen molar-refractivity contribution >= 4 is 23.2 Å². The van der Waals surface area contributed by atoms with Gasteiger partial charge in [-0.1, -0.05) is 35.3 Å². The molecule has 0 heterocycles. The Morgan fingerprint density at radius 3 is 2.55 bits per heavy atom. The summed E-state index contributed by atoms with van der Waals surface area (Å²) in [4.78, 5) is 0. The van der Waals surface area contributed by atoms with E-state index in [1.165, 1.54) is 6.07 Å². The molecule has 0 aliphatic rings. The number of likely N-dealkylation sites (N-methyl/N-ethyl adjacent to an activating group) is 1. The molecule has 0 saturated carbocycles. The Balaban J connectivity index is 2.31. The lowest BCUT2D eigenvalue weighted by atomic mass is 9.98. The molecule has 0 aromatic heterocycles. The van der Waals surface area contributed by atoms with Crippen LogP contribution in [0.15, 0.2) is 36.4 Å². The second-order valence-electron chi connectivity index (χ2n) is 4.81. The molecule has 0 spiro atoms. The first kappa shape index (κ1) is 15.3. The summed E-state index contributed by atoms with van der Waals surface area (Å²) in [6, 6.07) is 10.3. The molecule has 0 aliphatic heterocycles. The molecule has 1 unspecified atom stereocenters. The molecule has 0 bridgehead atoms. The minimum Gasteiger partial charge on any atom is -0.313 e. The van der Waals surface area contributed by atoms with Gasteiger partial charge in [0.25, 0.3) is 0 Å². The molecule has 0 fully saturated rings. The Kier molecular flexibility index (Phi) is 5.03. The van der Waals surface area contributed by atoms with Crippen LogP contribution in [0.3, 0.4) is 0 Å². The standard InChI is InChI=1S/C16H16Cl2FN/c1-10-3-4-11(14(18)7-10)8-16(20-2)13-9-12(17)5-6-15(13)19/h3-7,9,16,20H,8H2,1-2H3. The predicted molar refractivity (Wildman–Crippen MR) is 83.1 cm³/mol. The van der Waals surface area contributed by atoms with E-state index in [9.17, 15) is 4.39 Å². The fourth-order valence-electron chi connectivity index (χ4n) is 2.19. The first-order chi connectivity index (χ1) is 9.51. The van der Waals surface area contributed by atoms with E-state index in [-0.39, 0.29) is 11.9 Å². The van der Waals surface area contributed by atoms with Crippen LogP contribution in [-0.2, 0) is 6.42 Å². The normalized spacial score (nSPS) is 12.4. The summed E-state index contributed by atoms with van der Waals surface area (Å²) in [7, 11) is 1.80. The van der Waals surface area contributed by atoms with E-state index in [1.54, 1.807) is 19.2 Å². The fraction of sp³-hybridized carbons (Fsp3) is 0.250. The van der Waals surface area contributed by atoms with Gasteiger partial charge in [-0.05, 0) is 55.8 Å². The molecule has 0 saturated heterocycles. The van der Waals surface area contributed by atoms with Crippen LogP contribution in [0, 0.1) is 12.7 Å². The van der Waals surface area contributed by atoms with Crippen molar-refractivity contribution in [1.29, 1.82) is 0 Å². The van der Waals surface area contributed by atoms with Crippen LogP contribution in [-0.4, -0.2) is 7.05 Å². The van der Waals surface area contributed by atoms with Crippen molar-refractivity contribution in [3.05, 3.63) is 69.0 Å². The molecule has 20 heavy (non-hydrogen) atoms. The highest BCUT2D eigenvalue weighted by Gasteiger charge is 2.16. The van der Waals surface area contributed by atoms with Crippen molar-refractivity contribution in [3.8, 4) is 0 Å². The van der Waals surface area contributed by atoms with Gasteiger partial charge in [-0.15, -0.1) is 0 Å². The lowest BCUT2D eigenvalue weighted by molar-refractivity contribution is 0.534. The van der Waals surface area contributed by atoms with E-state index >= 15 is 0 Å². The minimum atomic E-state index is -0.267. The molecule has 0 radical (unpaired) electrons. The summed E-state index contributed by atoms with van der Waals surface area (Å²) in [6.07, 6.45) is 0.604. The highest BCUT2D eigenvalue weighted by Crippen LogP contribution is 2.27. The van der Waals surface area contributed by atoms with E-state index in [0.29, 0.717) is 22.0 Å². The van der Waals surface area contributed by atoms with E-state index in [0.717, 1.165) is 11.1 Å². The van der Waals surface area contributed by atoms with Crippen molar-refractivity contribution in [2.75, 3.05) is 7.05 Å². The quantitative estimate of drug-likeness (QED) is 0.843. The second-order valence-corrected chi connectivity index (χ2v) is 5.65. The Labute approximate surface area is 128 Å². The summed E-state index contributed by atoms with van der Waals surface area (Å²) in [5.74, 6) is -0.267. The zero-order valence-corrected chi connectivity index (χ0v) is 12.9. The lowest BCUT2D eigenvalue weighted by Gasteiger charge is -2.18. The molecular weight excluding hydrogens is 296 g/mol. The zero-order chi connectivity index (χ0) is 14.7. The third-order valence-electron chi connectivity index (χ3n) is 3.31. The largest absolute Gasteiger partial charge is 0.313 e. The SMILES string of the molecule is CNC(Cc1ccc(C)cc1Cl)c1cc(Cl)ccc1F. The maximum atomic E-state index is 13.9. The summed E-state index contributed by atoms with van der Waals surface area (Å²) in [5, 5.41) is 4.35. The lowest BCUT2D eigenvalue weighted by Crippen LogP contribution is -2.20. The van der Waals surface area contributed by atoms with Gasteiger partial charge in [0.2, 0.25) is 0 Å². The molecule has 0 aliphatic carbocycles. The summed E-state index contributed by atoms with van der Waals surface area (Å²) in [6.45, 7) is 1.99. The van der Waals surface area contributed by atoms with Crippen molar-refractivity contribution in [2.24, 2.45) is 0 Å². The number of aryl methyl sites for hydroxylation is 1. The van der Waals surface area contributed by atoms with E-state index in [4.69, 9.17) is 23.2 Å². The fourth-order valence-corrected chi connectivity index (χ4v) is 2.68. The third kappa shape index (κ3) is 3.51. The number of nitrogens with one attached hydrogen (secondary N) is 1. The van der Waals surface area contributed by atoms with Crippen molar-refractivity contribution < 1.29 is 4.39 Å². The van der Waals surface area contributed by atoms with Crippen molar-refractivity contribution in [3.63, 3.8) is 0 Å². The summed E-state index contributed by atoms with van der Waals surface area (Å²) >= 11 is 12.2. The van der Waals surface area contributed by atoms with E-state index in [1.807, 2.05) is 25.1 Å². The molecule has 2 rings (SSSR count). The van der Waals surface area contributed by atoms with Gasteiger partial charge in [0.1, 0.15) is 5.82 Å². The predicted octanol–water partition coefficient (Wildman–Crippen LogP) is 4.94. The monoisotopic (exact) mass is 311 g/mol. The molecule has 2 aromatic rings. The van der Waals surface area contributed by atoms with Crippen LogP contribution < -0.4 is 5.32 Å². The zero-order valence-electron chi connectivity index (χ0n) is 11.4. The average molecular weight is 312 g/mol. The van der Waals surface area contributed by atoms with Gasteiger partial charge in [0.05, 0.1) is 0 Å². The van der Waals surface area contributed by atoms with Gasteiger partial charge >= 0.3 is 0 Å². The molecular formula is C16H16Cl2FN. The molecule has 0 amide bonds. The Bertz CT molecular complexity index is 613. The number of hydrogen-bond acceptors (Lipinski definition) is 1. The number of benzene rings is 2. The summed E-state index contributed by atoms with van der Waals surface area (Å²) < 4.78 is 13.9. The Morgan fingerprint density at radius 1 is 1.15 bits per heavy atom. The molecule has 1 N–H and O–H groups in total. The van der Waals surface area contributed by atoms with Gasteiger partial charge < -0.3 is 5.32 Å². The van der Waals surface area contributed by atoms with Crippen molar-refractivity contribution in [1.82, 2.24) is 5.32 Å². The minimum absolute atomic E-state index is 0.172. The van der Waals surface area contributed by atoms with E-state index in [2.05, 4.69) is 5.32 Å². The maximum Gasteiger partial charge on any atom is 0.128 e. The van der Waals surface area contributed by atoms with Crippen LogP contribution in [0.1, 0.15) is 22.7 Å². The molecule has 2 aromatic carbocycles. The smallest absolute Gasteiger partial charge is 0.128 e. The number of halogens is 3. The van der Waals surface area contributed by atoms with Crippen LogP contribution in [0.5, 0.6) is 0 Å². The van der Waals surface area contributed by atoms with Gasteiger partial charge in [-0.25, -0.2) is 4.39 Å². The molecule has 4 heteroatoms. The van der Waals surface area contributed by atoms with Crippen LogP contribution >= 0.6 is 23.2 Å². The highest BCUT2D eigenvalue weighted by atomic mass is 35.5. The Morgan fingerprint density at radius 2 is 1.90 bits per heavy atom. The van der Waals surface area contributed by atoms with Gasteiger partial charge in [0, 0.05) is 21.7 Å². The van der Waals surface area contributed by atoms with Crippen molar-refractivity contribution in [2.45, 2.75) is 19.4 Å². The second kappa shape index (κ2) is 6.57. The topological polar surface area (TPSA) is 12.0 Å². The summed E-state index contributed by atoms with van der Waals surface area (Å²) in [5.41, 5.74) is 2.64. The molecule has 1 atom stereocenters. The highest BCUT2D eigenvalue weighted by molar-refractivity contribution is 6.31. The third-order valence-corrected chi connectivity index (χ3v) is 3.90. The number of hydrogen-bond donors (Lipinski definition) is 1. The first-order valence-corrected chi connectivity index (χ1v) is 7.14. The van der Waals surface area contributed by atoms with Gasteiger partial charge in [0.15, 0.2) is 0 Å². The molecule has 106 valence electrons. The van der Waals surface area contributed by atoms with Crippen LogP contribution in [0.2, 0.25) is 10.0 Å². The average Bonchev–Trinajstić information content (AvgIpc) is 2.41. The van der Waals surface area contributed by atoms with E-state index < -0.39 is 0 Å². The van der Waals surface area contributed by atoms with Crippen LogP contribution in [0.25, 0.3) is 0 Å². The number of rotatable bonds is 4.